The van der Waals surface area contributed by atoms with E-state index in [0.717, 1.165) is 51.5 Å². The summed E-state index contributed by atoms with van der Waals surface area (Å²) in [4.78, 5) is 55.3. The molecule has 2 aliphatic heterocycles. The van der Waals surface area contributed by atoms with Gasteiger partial charge in [-0.2, -0.15) is 4.98 Å². The minimum absolute atomic E-state index is 0.0484. The topological polar surface area (TPSA) is 131 Å². The number of carbonyl (C=O) groups is 3. The number of carbonyl (C=O) groups excluding carboxylic acids is 3. The van der Waals surface area contributed by atoms with Crippen LogP contribution in [0.1, 0.15) is 97.2 Å². The fourth-order valence-electron chi connectivity index (χ4n) is 7.18. The summed E-state index contributed by atoms with van der Waals surface area (Å²) in [6.07, 6.45) is 8.00. The van der Waals surface area contributed by atoms with Gasteiger partial charge in [-0.15, -0.1) is 0 Å². The average Bonchev–Trinajstić information content (AvgIpc) is 3.41. The van der Waals surface area contributed by atoms with Crippen LogP contribution in [0.4, 0.5) is 10.6 Å². The highest BCUT2D eigenvalue weighted by Crippen LogP contribution is 2.45. The minimum Gasteiger partial charge on any atom is -0.476 e. The lowest BCUT2D eigenvalue weighted by Gasteiger charge is -2.38. The number of rotatable bonds is 6. The molecule has 0 aromatic carbocycles. The number of nitrogens with two attached hydrogens (primary N) is 1. The highest BCUT2D eigenvalue weighted by Gasteiger charge is 2.49. The molecule has 2 atom stereocenters. The van der Waals surface area contributed by atoms with E-state index < -0.39 is 11.0 Å². The summed E-state index contributed by atoms with van der Waals surface area (Å²) in [5.41, 5.74) is 5.96. The second-order valence-electron chi connectivity index (χ2n) is 14.1. The van der Waals surface area contributed by atoms with Gasteiger partial charge in [-0.05, 0) is 92.2 Å². The summed E-state index contributed by atoms with van der Waals surface area (Å²) in [7, 11) is 3.90. The molecule has 3 heterocycles. The van der Waals surface area contributed by atoms with E-state index in [0.29, 0.717) is 68.7 Å². The molecular weight excluding hydrogens is 560 g/mol. The number of Topliss-reactive ketones (excluding diaryl/α,β-unsaturated/α-hetero) is 2. The van der Waals surface area contributed by atoms with Crippen molar-refractivity contribution in [1.29, 1.82) is 0 Å². The maximum atomic E-state index is 13.9. The van der Waals surface area contributed by atoms with Crippen molar-refractivity contribution in [2.45, 2.75) is 109 Å². The van der Waals surface area contributed by atoms with Gasteiger partial charge in [0.05, 0.1) is 11.1 Å². The van der Waals surface area contributed by atoms with E-state index in [9.17, 15) is 14.4 Å². The monoisotopic (exact) mass is 610 g/mol. The Labute approximate surface area is 261 Å². The summed E-state index contributed by atoms with van der Waals surface area (Å²) in [6.45, 7) is 8.50. The van der Waals surface area contributed by atoms with Crippen molar-refractivity contribution in [3.63, 3.8) is 0 Å². The molecular formula is C33H50N6O5. The first kappa shape index (κ1) is 32.2. The molecule has 0 radical (unpaired) electrons. The zero-order valence-corrected chi connectivity index (χ0v) is 27.2. The second-order valence-corrected chi connectivity index (χ2v) is 14.1. The number of nitrogens with zero attached hydrogens (tertiary/aromatic N) is 5. The molecule has 1 spiro atoms. The number of likely N-dealkylation sites (tertiary alicyclic amines) is 1. The summed E-state index contributed by atoms with van der Waals surface area (Å²) in [6, 6.07) is 2.21. The van der Waals surface area contributed by atoms with Gasteiger partial charge in [0.1, 0.15) is 23.8 Å². The van der Waals surface area contributed by atoms with Gasteiger partial charge >= 0.3 is 6.09 Å². The van der Waals surface area contributed by atoms with E-state index in [-0.39, 0.29) is 35.2 Å². The molecule has 2 saturated carbocycles. The summed E-state index contributed by atoms with van der Waals surface area (Å²) < 4.78 is 11.8. The van der Waals surface area contributed by atoms with Crippen LogP contribution in [-0.4, -0.2) is 95.4 Å². The van der Waals surface area contributed by atoms with E-state index in [2.05, 4.69) is 16.8 Å². The Kier molecular flexibility index (Phi) is 9.53. The molecule has 2 saturated heterocycles. The number of amides is 1. The predicted octanol–water partition coefficient (Wildman–Crippen LogP) is 4.34. The number of ketones is 2. The van der Waals surface area contributed by atoms with Gasteiger partial charge < -0.3 is 29.9 Å². The molecule has 2 aliphatic carbocycles. The maximum absolute atomic E-state index is 13.9. The molecule has 1 aromatic heterocycles. The lowest BCUT2D eigenvalue weighted by atomic mass is 9.62. The van der Waals surface area contributed by atoms with Crippen molar-refractivity contribution in [2.75, 3.05) is 45.2 Å². The highest BCUT2D eigenvalue weighted by molar-refractivity contribution is 6.17. The minimum atomic E-state index is -0.942. The third kappa shape index (κ3) is 6.87. The molecule has 0 unspecified atom stereocenters. The van der Waals surface area contributed by atoms with E-state index >= 15 is 0 Å². The summed E-state index contributed by atoms with van der Waals surface area (Å²) in [5, 5.41) is 0. The number of piperidine rings is 1. The van der Waals surface area contributed by atoms with Crippen LogP contribution in [0.5, 0.6) is 5.88 Å². The molecule has 11 nitrogen and oxygen atoms in total. The molecule has 1 aromatic rings. The van der Waals surface area contributed by atoms with Crippen LogP contribution in [0.3, 0.4) is 0 Å². The van der Waals surface area contributed by atoms with Crippen LogP contribution >= 0.6 is 0 Å². The maximum Gasteiger partial charge on any atom is 0.410 e. The molecule has 0 bridgehead atoms. The third-order valence-corrected chi connectivity index (χ3v) is 9.90. The van der Waals surface area contributed by atoms with Crippen LogP contribution in [0.25, 0.3) is 5.70 Å². The Balaban J connectivity index is 1.39. The lowest BCUT2D eigenvalue weighted by Crippen LogP contribution is -2.47. The Morgan fingerprint density at radius 1 is 1.05 bits per heavy atom. The normalized spacial score (nSPS) is 26.7. The molecule has 2 N–H and O–H groups in total. The number of anilines is 1. The van der Waals surface area contributed by atoms with E-state index in [4.69, 9.17) is 25.2 Å². The largest absolute Gasteiger partial charge is 0.476 e. The molecule has 1 amide bonds. The Bertz CT molecular complexity index is 1280. The first-order chi connectivity index (χ1) is 20.9. The van der Waals surface area contributed by atoms with Gasteiger partial charge in [0, 0.05) is 50.3 Å². The van der Waals surface area contributed by atoms with Gasteiger partial charge in [-0.3, -0.25) is 9.59 Å². The number of hydrogen-bond acceptors (Lipinski definition) is 10. The lowest BCUT2D eigenvalue weighted by molar-refractivity contribution is -0.143. The average molecular weight is 611 g/mol. The van der Waals surface area contributed by atoms with Crippen molar-refractivity contribution in [2.24, 2.45) is 11.1 Å². The van der Waals surface area contributed by atoms with Gasteiger partial charge in [-0.1, -0.05) is 6.42 Å². The fourth-order valence-corrected chi connectivity index (χ4v) is 7.18. The van der Waals surface area contributed by atoms with Crippen molar-refractivity contribution in [3.8, 4) is 5.88 Å². The summed E-state index contributed by atoms with van der Waals surface area (Å²) in [5.74, 6) is 1.29. The molecule has 44 heavy (non-hydrogen) atoms. The standard InChI is InChI=1S/C33H50N6O5/c1-32(2,3)44-31(42)38(5)22-13-18-39(19-14-22)26-20-27(43-21-23-10-9-17-37(23)4)36-30(35-26)28(34)24-11-8-16-33(29(24)41)15-7-6-12-25(33)40/h20,22-23H,6-19,21,34H2,1-5H3/b28-24-/t23-,33+/m0/s1. The Morgan fingerprint density at radius 3 is 2.43 bits per heavy atom. The van der Waals surface area contributed by atoms with E-state index in [1.165, 1.54) is 0 Å². The Morgan fingerprint density at radius 2 is 1.77 bits per heavy atom. The van der Waals surface area contributed by atoms with E-state index in [1.807, 2.05) is 26.8 Å². The predicted molar refractivity (Wildman–Crippen MR) is 168 cm³/mol. The van der Waals surface area contributed by atoms with E-state index in [1.54, 1.807) is 11.9 Å². The summed E-state index contributed by atoms with van der Waals surface area (Å²) >= 11 is 0. The first-order valence-electron chi connectivity index (χ1n) is 16.4. The highest BCUT2D eigenvalue weighted by atomic mass is 16.6. The SMILES string of the molecule is CN(C(=O)OC(C)(C)C)C1CCN(c2cc(OC[C@@H]3CCCN3C)nc(/C(N)=C3\CCC[C@@]4(CCCCC4=O)C3=O)n2)CC1. The third-order valence-electron chi connectivity index (χ3n) is 9.90. The zero-order chi connectivity index (χ0) is 31.6. The number of aromatic nitrogens is 2. The quantitative estimate of drug-likeness (QED) is 0.367. The van der Waals surface area contributed by atoms with Crippen molar-refractivity contribution < 1.29 is 23.9 Å². The van der Waals surface area contributed by atoms with Crippen LogP contribution in [-0.2, 0) is 14.3 Å². The molecule has 242 valence electrons. The van der Waals surface area contributed by atoms with Crippen molar-refractivity contribution in [3.05, 3.63) is 17.5 Å². The first-order valence-corrected chi connectivity index (χ1v) is 16.4. The molecule has 4 fully saturated rings. The van der Waals surface area contributed by atoms with Gasteiger partial charge in [0.2, 0.25) is 5.88 Å². The van der Waals surface area contributed by atoms with Crippen LogP contribution in [0.2, 0.25) is 0 Å². The van der Waals surface area contributed by atoms with Crippen molar-refractivity contribution >= 4 is 29.2 Å². The van der Waals surface area contributed by atoms with Crippen LogP contribution in [0.15, 0.2) is 11.6 Å². The number of allylic oxidation sites excluding steroid dienone is 1. The van der Waals surface area contributed by atoms with Crippen molar-refractivity contribution in [1.82, 2.24) is 19.8 Å². The molecule has 5 rings (SSSR count). The van der Waals surface area contributed by atoms with Gasteiger partial charge in [-0.25, -0.2) is 9.78 Å². The second kappa shape index (κ2) is 13.0. The Hall–Kier alpha value is -3.21. The number of ether oxygens (including phenoxy) is 2. The molecule has 11 heteroatoms. The van der Waals surface area contributed by atoms with Gasteiger partial charge in [0.15, 0.2) is 11.6 Å². The number of likely N-dealkylation sites (N-methyl/N-ethyl adjacent to an activating group) is 1. The van der Waals surface area contributed by atoms with Gasteiger partial charge in [0.25, 0.3) is 0 Å². The fraction of sp³-hybridized carbons (Fsp3) is 0.727. The van der Waals surface area contributed by atoms with Crippen LogP contribution in [0, 0.1) is 5.41 Å². The molecule has 4 aliphatic rings. The zero-order valence-electron chi connectivity index (χ0n) is 27.2. The number of hydrogen-bond donors (Lipinski definition) is 1. The smallest absolute Gasteiger partial charge is 0.410 e. The van der Waals surface area contributed by atoms with Crippen LogP contribution < -0.4 is 15.4 Å².